The van der Waals surface area contributed by atoms with Crippen molar-refractivity contribution in [3.63, 3.8) is 0 Å². The summed E-state index contributed by atoms with van der Waals surface area (Å²) < 4.78 is 21.5. The summed E-state index contributed by atoms with van der Waals surface area (Å²) in [4.78, 5) is 21.6. The number of esters is 1. The summed E-state index contributed by atoms with van der Waals surface area (Å²) in [6.07, 6.45) is -0.0667. The maximum absolute atomic E-state index is 11.2. The Morgan fingerprint density at radius 1 is 1.32 bits per heavy atom. The van der Waals surface area contributed by atoms with Gasteiger partial charge in [0.25, 0.3) is 0 Å². The van der Waals surface area contributed by atoms with Gasteiger partial charge in [-0.1, -0.05) is 12.1 Å². The van der Waals surface area contributed by atoms with Gasteiger partial charge in [-0.2, -0.15) is 0 Å². The standard InChI is InChI=1S/C19H27NO8/c1-14(21)26-9-3-8-19(27-10-11-28-19)12-18(22)17(13-20(23)24)15-4-6-16(25-2)7-5-15/h4-7,17-18,22H,3,8-13H2,1-2H3/t17-,18-/m0/s1. The van der Waals surface area contributed by atoms with Crippen LogP contribution in [0.2, 0.25) is 0 Å². The number of hydrogen-bond donors (Lipinski definition) is 1. The second kappa shape index (κ2) is 10.4. The number of carbonyl (C=O) groups excluding carboxylic acids is 1. The first-order valence-corrected chi connectivity index (χ1v) is 9.20. The van der Waals surface area contributed by atoms with Crippen LogP contribution < -0.4 is 4.74 Å². The quantitative estimate of drug-likeness (QED) is 0.260. The van der Waals surface area contributed by atoms with Gasteiger partial charge in [-0.25, -0.2) is 0 Å². The average Bonchev–Trinajstić information content (AvgIpc) is 3.11. The van der Waals surface area contributed by atoms with Crippen molar-refractivity contribution in [3.05, 3.63) is 39.9 Å². The molecule has 0 radical (unpaired) electrons. The molecule has 1 heterocycles. The van der Waals surface area contributed by atoms with Crippen LogP contribution >= 0.6 is 0 Å². The van der Waals surface area contributed by atoms with Gasteiger partial charge in [-0.3, -0.25) is 14.9 Å². The van der Waals surface area contributed by atoms with Crippen LogP contribution in [0.3, 0.4) is 0 Å². The molecule has 1 fully saturated rings. The van der Waals surface area contributed by atoms with Crippen LogP contribution in [-0.2, 0) is 19.0 Å². The summed E-state index contributed by atoms with van der Waals surface area (Å²) in [7, 11) is 1.53. The molecule has 1 saturated heterocycles. The molecule has 0 unspecified atom stereocenters. The lowest BCUT2D eigenvalue weighted by Gasteiger charge is -2.32. The van der Waals surface area contributed by atoms with Crippen molar-refractivity contribution >= 4 is 5.97 Å². The van der Waals surface area contributed by atoms with Gasteiger partial charge in [0.2, 0.25) is 6.54 Å². The fourth-order valence-electron chi connectivity index (χ4n) is 3.34. The second-order valence-corrected chi connectivity index (χ2v) is 6.72. The second-order valence-electron chi connectivity index (χ2n) is 6.72. The van der Waals surface area contributed by atoms with E-state index < -0.39 is 29.3 Å². The smallest absolute Gasteiger partial charge is 0.302 e. The lowest BCUT2D eigenvalue weighted by molar-refractivity contribution is -0.485. The number of aliphatic hydroxyl groups excluding tert-OH is 1. The Labute approximate surface area is 163 Å². The molecule has 0 aromatic heterocycles. The molecule has 1 aliphatic heterocycles. The van der Waals surface area contributed by atoms with Crippen molar-refractivity contribution in [1.82, 2.24) is 0 Å². The topological polar surface area (TPSA) is 117 Å². The Kier molecular flexibility index (Phi) is 8.16. The third-order valence-corrected chi connectivity index (χ3v) is 4.70. The highest BCUT2D eigenvalue weighted by atomic mass is 16.7. The number of nitro groups is 1. The van der Waals surface area contributed by atoms with Crippen LogP contribution in [0.5, 0.6) is 5.75 Å². The monoisotopic (exact) mass is 397 g/mol. The van der Waals surface area contributed by atoms with Gasteiger partial charge in [-0.15, -0.1) is 0 Å². The number of hydrogen-bond acceptors (Lipinski definition) is 8. The molecule has 1 N–H and O–H groups in total. The van der Waals surface area contributed by atoms with Crippen molar-refractivity contribution in [2.75, 3.05) is 33.5 Å². The molecular formula is C19H27NO8. The van der Waals surface area contributed by atoms with E-state index in [9.17, 15) is 20.0 Å². The predicted octanol–water partition coefficient (Wildman–Crippen LogP) is 1.89. The number of ether oxygens (including phenoxy) is 4. The third kappa shape index (κ3) is 6.43. The molecule has 1 aromatic rings. The van der Waals surface area contributed by atoms with E-state index in [1.165, 1.54) is 14.0 Å². The van der Waals surface area contributed by atoms with Crippen molar-refractivity contribution in [2.45, 2.75) is 44.0 Å². The Balaban J connectivity index is 2.08. The minimum absolute atomic E-state index is 0.0810. The summed E-state index contributed by atoms with van der Waals surface area (Å²) in [5, 5.41) is 22.0. The van der Waals surface area contributed by atoms with Gasteiger partial charge in [-0.05, 0) is 24.1 Å². The highest BCUT2D eigenvalue weighted by Crippen LogP contribution is 2.34. The van der Waals surface area contributed by atoms with E-state index in [0.717, 1.165) is 0 Å². The van der Waals surface area contributed by atoms with E-state index in [1.807, 2.05) is 0 Å². The highest BCUT2D eigenvalue weighted by molar-refractivity contribution is 5.65. The van der Waals surface area contributed by atoms with Gasteiger partial charge < -0.3 is 24.1 Å². The number of methoxy groups -OCH3 is 1. The summed E-state index contributed by atoms with van der Waals surface area (Å²) >= 11 is 0. The summed E-state index contributed by atoms with van der Waals surface area (Å²) in [6.45, 7) is 1.89. The first-order chi connectivity index (χ1) is 13.3. The summed E-state index contributed by atoms with van der Waals surface area (Å²) in [5.74, 6) is -1.50. The van der Waals surface area contributed by atoms with Gasteiger partial charge in [0.1, 0.15) is 5.75 Å². The summed E-state index contributed by atoms with van der Waals surface area (Å²) in [6, 6.07) is 6.82. The number of rotatable bonds is 11. The fourth-order valence-corrected chi connectivity index (χ4v) is 3.34. The van der Waals surface area contributed by atoms with Crippen molar-refractivity contribution < 1.29 is 33.8 Å². The predicted molar refractivity (Wildman–Crippen MR) is 98.7 cm³/mol. The van der Waals surface area contributed by atoms with Crippen LogP contribution in [0, 0.1) is 10.1 Å². The number of benzene rings is 1. The summed E-state index contributed by atoms with van der Waals surface area (Å²) in [5.41, 5.74) is 0.637. The van der Waals surface area contributed by atoms with Crippen LogP contribution in [-0.4, -0.2) is 61.4 Å². The molecular weight excluding hydrogens is 370 g/mol. The fraction of sp³-hybridized carbons (Fsp3) is 0.632. The van der Waals surface area contributed by atoms with Gasteiger partial charge in [0, 0.05) is 24.7 Å². The zero-order valence-electron chi connectivity index (χ0n) is 16.2. The number of aliphatic hydroxyl groups is 1. The number of nitrogens with zero attached hydrogens (tertiary/aromatic N) is 1. The maximum Gasteiger partial charge on any atom is 0.302 e. The van der Waals surface area contributed by atoms with E-state index >= 15 is 0 Å². The molecule has 0 aliphatic carbocycles. The largest absolute Gasteiger partial charge is 0.497 e. The van der Waals surface area contributed by atoms with Crippen molar-refractivity contribution in [3.8, 4) is 5.75 Å². The highest BCUT2D eigenvalue weighted by Gasteiger charge is 2.41. The molecule has 0 amide bonds. The minimum Gasteiger partial charge on any atom is -0.497 e. The molecule has 9 nitrogen and oxygen atoms in total. The molecule has 2 atom stereocenters. The van der Waals surface area contributed by atoms with E-state index in [-0.39, 0.29) is 19.0 Å². The third-order valence-electron chi connectivity index (χ3n) is 4.70. The van der Waals surface area contributed by atoms with E-state index in [1.54, 1.807) is 24.3 Å². The maximum atomic E-state index is 11.2. The lowest BCUT2D eigenvalue weighted by atomic mass is 9.88. The first kappa shape index (κ1) is 22.1. The minimum atomic E-state index is -1.05. The van der Waals surface area contributed by atoms with Crippen molar-refractivity contribution in [2.24, 2.45) is 0 Å². The van der Waals surface area contributed by atoms with Gasteiger partial charge in [0.05, 0.1) is 39.0 Å². The SMILES string of the molecule is COc1ccc([C@H](C[N+](=O)[O-])[C@@H](O)CC2(CCCOC(C)=O)OCCO2)cc1. The Morgan fingerprint density at radius 3 is 2.50 bits per heavy atom. The van der Waals surface area contributed by atoms with E-state index in [2.05, 4.69) is 0 Å². The zero-order valence-corrected chi connectivity index (χ0v) is 16.2. The number of carbonyl (C=O) groups is 1. The van der Waals surface area contributed by atoms with Crippen LogP contribution in [0.25, 0.3) is 0 Å². The Bertz CT molecular complexity index is 642. The van der Waals surface area contributed by atoms with Crippen LogP contribution in [0.15, 0.2) is 24.3 Å². The normalized spacial score (nSPS) is 17.7. The van der Waals surface area contributed by atoms with Crippen LogP contribution in [0.1, 0.15) is 37.7 Å². The Hall–Kier alpha value is -2.23. The average molecular weight is 397 g/mol. The molecule has 156 valence electrons. The first-order valence-electron chi connectivity index (χ1n) is 9.20. The van der Waals surface area contributed by atoms with E-state index in [4.69, 9.17) is 18.9 Å². The molecule has 0 saturated carbocycles. The van der Waals surface area contributed by atoms with Gasteiger partial charge >= 0.3 is 5.97 Å². The molecule has 1 aliphatic rings. The Morgan fingerprint density at radius 2 is 1.96 bits per heavy atom. The zero-order chi connectivity index (χ0) is 20.6. The molecule has 28 heavy (non-hydrogen) atoms. The van der Waals surface area contributed by atoms with Gasteiger partial charge in [0.15, 0.2) is 5.79 Å². The van der Waals surface area contributed by atoms with Crippen molar-refractivity contribution in [1.29, 1.82) is 0 Å². The molecule has 9 heteroatoms. The molecule has 2 rings (SSSR count). The lowest BCUT2D eigenvalue weighted by Crippen LogP contribution is -2.38. The van der Waals surface area contributed by atoms with Crippen LogP contribution in [0.4, 0.5) is 0 Å². The molecule has 1 aromatic carbocycles. The van der Waals surface area contributed by atoms with E-state index in [0.29, 0.717) is 37.4 Å². The molecule has 0 spiro atoms. The molecule has 0 bridgehead atoms.